The van der Waals surface area contributed by atoms with Crippen LogP contribution in [0.2, 0.25) is 0 Å². The molecule has 2 heterocycles. The van der Waals surface area contributed by atoms with Crippen molar-refractivity contribution >= 4 is 17.7 Å². The number of fused-ring (bicyclic) bond motifs is 1. The Labute approximate surface area is 102 Å². The van der Waals surface area contributed by atoms with Crippen molar-refractivity contribution in [3.05, 3.63) is 24.0 Å². The van der Waals surface area contributed by atoms with Crippen LogP contribution in [0.1, 0.15) is 38.5 Å². The molecule has 3 rings (SSSR count). The number of rotatable bonds is 1. The van der Waals surface area contributed by atoms with Gasteiger partial charge in [-0.15, -0.1) is 0 Å². The molecule has 3 heteroatoms. The molecule has 3 nitrogen and oxygen atoms in total. The molecule has 1 aliphatic carbocycles. The van der Waals surface area contributed by atoms with Crippen LogP contribution in [0.4, 0.5) is 11.5 Å². The Balaban J connectivity index is 1.79. The number of H-pyrrole nitrogens is 1. The van der Waals surface area contributed by atoms with Crippen molar-refractivity contribution < 1.29 is 0 Å². The van der Waals surface area contributed by atoms with Crippen molar-refractivity contribution in [3.63, 3.8) is 0 Å². The number of aromatic nitrogens is 1. The third-order valence-electron chi connectivity index (χ3n) is 3.82. The molecule has 1 saturated carbocycles. The first-order valence-electron chi connectivity index (χ1n) is 6.59. The fourth-order valence-corrected chi connectivity index (χ4v) is 2.81. The highest BCUT2D eigenvalue weighted by Crippen LogP contribution is 2.32. The van der Waals surface area contributed by atoms with Crippen molar-refractivity contribution in [2.75, 3.05) is 5.32 Å². The summed E-state index contributed by atoms with van der Waals surface area (Å²) >= 11 is 0. The zero-order chi connectivity index (χ0) is 11.5. The second kappa shape index (κ2) is 4.78. The smallest absolute Gasteiger partial charge is 0.153 e. The van der Waals surface area contributed by atoms with Crippen LogP contribution in [-0.4, -0.2) is 11.2 Å². The first kappa shape index (κ1) is 10.6. The van der Waals surface area contributed by atoms with Crippen LogP contribution in [0.3, 0.4) is 0 Å². The summed E-state index contributed by atoms with van der Waals surface area (Å²) in [5, 5.41) is 3.39. The van der Waals surface area contributed by atoms with Crippen LogP contribution in [0.25, 0.3) is 0 Å². The summed E-state index contributed by atoms with van der Waals surface area (Å²) in [5.41, 5.74) is 2.59. The Morgan fingerprint density at radius 3 is 2.94 bits per heavy atom. The molecule has 17 heavy (non-hydrogen) atoms. The van der Waals surface area contributed by atoms with Crippen LogP contribution in [-0.2, 0) is 0 Å². The zero-order valence-corrected chi connectivity index (χ0v) is 10.1. The van der Waals surface area contributed by atoms with Crippen molar-refractivity contribution in [2.45, 2.75) is 38.5 Å². The number of anilines is 1. The quantitative estimate of drug-likeness (QED) is 0.750. The predicted octanol–water partition coefficient (Wildman–Crippen LogP) is 4.00. The number of nitrogens with zero attached hydrogens (tertiary/aromatic N) is 1. The molecule has 0 radical (unpaired) electrons. The second-order valence-electron chi connectivity index (χ2n) is 4.95. The van der Waals surface area contributed by atoms with Gasteiger partial charge >= 0.3 is 0 Å². The van der Waals surface area contributed by atoms with Crippen LogP contribution in [0.5, 0.6) is 0 Å². The fraction of sp³-hybridized carbons (Fsp3) is 0.500. The third kappa shape index (κ3) is 2.28. The van der Waals surface area contributed by atoms with Gasteiger partial charge in [0.2, 0.25) is 0 Å². The zero-order valence-electron chi connectivity index (χ0n) is 10.1. The molecule has 1 aromatic heterocycles. The van der Waals surface area contributed by atoms with Gasteiger partial charge in [-0.1, -0.05) is 19.3 Å². The highest BCUT2D eigenvalue weighted by molar-refractivity contribution is 5.73. The second-order valence-corrected chi connectivity index (χ2v) is 4.95. The van der Waals surface area contributed by atoms with Crippen LogP contribution in [0, 0.1) is 5.92 Å². The first-order valence-corrected chi connectivity index (χ1v) is 6.59. The van der Waals surface area contributed by atoms with E-state index in [0.717, 1.165) is 23.8 Å². The summed E-state index contributed by atoms with van der Waals surface area (Å²) in [4.78, 5) is 7.60. The van der Waals surface area contributed by atoms with Crippen molar-refractivity contribution in [3.8, 4) is 0 Å². The number of aliphatic imine (C=N–C) groups is 1. The Morgan fingerprint density at radius 1 is 1.18 bits per heavy atom. The number of hydrogen-bond acceptors (Lipinski definition) is 2. The molecule has 2 aliphatic rings. The van der Waals surface area contributed by atoms with Crippen molar-refractivity contribution in [1.29, 1.82) is 0 Å². The van der Waals surface area contributed by atoms with Gasteiger partial charge in [-0.2, -0.15) is 0 Å². The lowest BCUT2D eigenvalue weighted by molar-refractivity contribution is 0.400. The van der Waals surface area contributed by atoms with E-state index >= 15 is 0 Å². The van der Waals surface area contributed by atoms with E-state index in [2.05, 4.69) is 21.5 Å². The standard InChI is InChI=1S/C14H19N3/c1-2-4-11(5-3-1)12-6-8-15-14-13(17-10-12)7-9-16-14/h7-11,16-17H,1-6H2. The van der Waals surface area contributed by atoms with Crippen molar-refractivity contribution in [1.82, 2.24) is 4.98 Å². The van der Waals surface area contributed by atoms with Gasteiger partial charge in [0.25, 0.3) is 0 Å². The van der Waals surface area contributed by atoms with Gasteiger partial charge < -0.3 is 10.3 Å². The van der Waals surface area contributed by atoms with Gasteiger partial charge in [0.15, 0.2) is 5.82 Å². The monoisotopic (exact) mass is 229 g/mol. The van der Waals surface area contributed by atoms with Crippen LogP contribution in [0.15, 0.2) is 29.0 Å². The Bertz CT molecular complexity index is 436. The molecule has 0 atom stereocenters. The van der Waals surface area contributed by atoms with Gasteiger partial charge in [0.05, 0.1) is 5.69 Å². The maximum Gasteiger partial charge on any atom is 0.153 e. The maximum absolute atomic E-state index is 4.47. The number of nitrogens with one attached hydrogen (secondary N) is 2. The van der Waals surface area contributed by atoms with Gasteiger partial charge in [-0.25, -0.2) is 4.99 Å². The van der Waals surface area contributed by atoms with E-state index in [4.69, 9.17) is 0 Å². The molecule has 1 aromatic rings. The normalized spacial score (nSPS) is 21.1. The molecular formula is C14H19N3. The topological polar surface area (TPSA) is 40.2 Å². The van der Waals surface area contributed by atoms with Crippen LogP contribution >= 0.6 is 0 Å². The molecule has 0 saturated heterocycles. The van der Waals surface area contributed by atoms with Gasteiger partial charge in [0.1, 0.15) is 0 Å². The maximum atomic E-state index is 4.47. The van der Waals surface area contributed by atoms with E-state index in [1.165, 1.54) is 37.7 Å². The molecular weight excluding hydrogens is 210 g/mol. The lowest BCUT2D eigenvalue weighted by Crippen LogP contribution is -2.11. The minimum absolute atomic E-state index is 0.767. The minimum atomic E-state index is 0.767. The highest BCUT2D eigenvalue weighted by atomic mass is 15.0. The average Bonchev–Trinajstić information content (AvgIpc) is 2.77. The molecule has 2 N–H and O–H groups in total. The molecule has 0 spiro atoms. The lowest BCUT2D eigenvalue weighted by atomic mass is 9.83. The minimum Gasteiger partial charge on any atom is -0.359 e. The Hall–Kier alpha value is -1.51. The SMILES string of the molecule is C1=Nc2[nH]ccc2NC=C(C2CCCCC2)C1. The summed E-state index contributed by atoms with van der Waals surface area (Å²) in [5.74, 6) is 1.70. The predicted molar refractivity (Wildman–Crippen MR) is 71.8 cm³/mol. The average molecular weight is 229 g/mol. The van der Waals surface area contributed by atoms with E-state index in [1.54, 1.807) is 0 Å². The number of hydrogen-bond donors (Lipinski definition) is 2. The summed E-state index contributed by atoms with van der Waals surface area (Å²) < 4.78 is 0. The Kier molecular flexibility index (Phi) is 2.99. The summed E-state index contributed by atoms with van der Waals surface area (Å²) in [6.45, 7) is 0. The molecule has 90 valence electrons. The molecule has 0 bridgehead atoms. The van der Waals surface area contributed by atoms with Crippen LogP contribution < -0.4 is 5.32 Å². The van der Waals surface area contributed by atoms with Gasteiger partial charge in [-0.3, -0.25) is 0 Å². The van der Waals surface area contributed by atoms with Crippen molar-refractivity contribution in [2.24, 2.45) is 10.9 Å². The third-order valence-corrected chi connectivity index (χ3v) is 3.82. The summed E-state index contributed by atoms with van der Waals surface area (Å²) in [6.07, 6.45) is 14.0. The highest BCUT2D eigenvalue weighted by Gasteiger charge is 2.18. The molecule has 1 fully saturated rings. The van der Waals surface area contributed by atoms with E-state index in [1.807, 2.05) is 18.5 Å². The largest absolute Gasteiger partial charge is 0.359 e. The fourth-order valence-electron chi connectivity index (χ4n) is 2.81. The van der Waals surface area contributed by atoms with E-state index in [-0.39, 0.29) is 0 Å². The van der Waals surface area contributed by atoms with Gasteiger partial charge in [0, 0.05) is 25.0 Å². The summed E-state index contributed by atoms with van der Waals surface area (Å²) in [6, 6.07) is 2.03. The van der Waals surface area contributed by atoms with E-state index in [0.29, 0.717) is 0 Å². The number of aromatic amines is 1. The number of allylic oxidation sites excluding steroid dienone is 1. The molecule has 0 aromatic carbocycles. The first-order chi connectivity index (χ1) is 8.43. The Morgan fingerprint density at radius 2 is 2.06 bits per heavy atom. The summed E-state index contributed by atoms with van der Waals surface area (Å²) in [7, 11) is 0. The van der Waals surface area contributed by atoms with E-state index < -0.39 is 0 Å². The lowest BCUT2D eigenvalue weighted by Gasteiger charge is -2.24. The van der Waals surface area contributed by atoms with Gasteiger partial charge in [-0.05, 0) is 30.4 Å². The molecule has 0 amide bonds. The molecule has 0 unspecified atom stereocenters. The molecule has 1 aliphatic heterocycles. The van der Waals surface area contributed by atoms with E-state index in [9.17, 15) is 0 Å².